The molecule has 0 unspecified atom stereocenters. The molecule has 1 fully saturated rings. The number of nitrogens with zero attached hydrogens (tertiary/aromatic N) is 2. The standard InChI is InChI=1S/C24H28Cl2N4O/c25-20-7-5-9-22(24(20)26)30-14-12-29(13-15-30)11-4-3-10-27-23(31)17-19-16-18-6-1-2-8-21(18)28-19/h1-2,5-9,16,28H,3-4,10-15,17H2,(H,27,31). The van der Waals surface area contributed by atoms with Crippen LogP contribution in [0.4, 0.5) is 5.69 Å². The van der Waals surface area contributed by atoms with Gasteiger partial charge in [-0.1, -0.05) is 47.5 Å². The van der Waals surface area contributed by atoms with Gasteiger partial charge >= 0.3 is 0 Å². The van der Waals surface area contributed by atoms with Crippen molar-refractivity contribution in [1.29, 1.82) is 0 Å². The van der Waals surface area contributed by atoms with Gasteiger partial charge < -0.3 is 15.2 Å². The Hall–Kier alpha value is -2.21. The van der Waals surface area contributed by atoms with Gasteiger partial charge in [-0.15, -0.1) is 0 Å². The molecule has 1 aliphatic heterocycles. The summed E-state index contributed by atoms with van der Waals surface area (Å²) in [6.45, 7) is 5.68. The highest BCUT2D eigenvalue weighted by Crippen LogP contribution is 2.32. The number of para-hydroxylation sites is 1. The van der Waals surface area contributed by atoms with Crippen LogP contribution in [0, 0.1) is 0 Å². The zero-order valence-corrected chi connectivity index (χ0v) is 19.1. The number of hydrogen-bond donors (Lipinski definition) is 2. The Kier molecular flexibility index (Phi) is 7.38. The Labute approximate surface area is 193 Å². The maximum absolute atomic E-state index is 12.2. The van der Waals surface area contributed by atoms with Crippen molar-refractivity contribution in [3.05, 3.63) is 64.3 Å². The number of halogens is 2. The highest BCUT2D eigenvalue weighted by atomic mass is 35.5. The molecule has 4 rings (SSSR count). The van der Waals surface area contributed by atoms with Gasteiger partial charge in [-0.3, -0.25) is 9.69 Å². The summed E-state index contributed by atoms with van der Waals surface area (Å²) in [5, 5.41) is 5.43. The fourth-order valence-corrected chi connectivity index (χ4v) is 4.52. The molecule has 164 valence electrons. The third-order valence-corrected chi connectivity index (χ3v) is 6.61. The molecule has 0 bridgehead atoms. The van der Waals surface area contributed by atoms with Crippen molar-refractivity contribution in [2.24, 2.45) is 0 Å². The lowest BCUT2D eigenvalue weighted by Crippen LogP contribution is -2.46. The molecule has 3 aromatic rings. The lowest BCUT2D eigenvalue weighted by atomic mass is 10.2. The number of amides is 1. The van der Waals surface area contributed by atoms with Crippen molar-refractivity contribution in [1.82, 2.24) is 15.2 Å². The first-order valence-corrected chi connectivity index (χ1v) is 11.6. The van der Waals surface area contributed by atoms with Crippen LogP contribution in [-0.2, 0) is 11.2 Å². The van der Waals surface area contributed by atoms with Crippen LogP contribution >= 0.6 is 23.2 Å². The smallest absolute Gasteiger partial charge is 0.225 e. The van der Waals surface area contributed by atoms with Gasteiger partial charge in [0, 0.05) is 43.9 Å². The summed E-state index contributed by atoms with van der Waals surface area (Å²) in [6.07, 6.45) is 2.45. The van der Waals surface area contributed by atoms with E-state index < -0.39 is 0 Å². The summed E-state index contributed by atoms with van der Waals surface area (Å²) in [6, 6.07) is 15.9. The van der Waals surface area contributed by atoms with Gasteiger partial charge in [-0.25, -0.2) is 0 Å². The molecule has 1 aliphatic rings. The molecule has 2 N–H and O–H groups in total. The summed E-state index contributed by atoms with van der Waals surface area (Å²) in [5.74, 6) is 0.0681. The summed E-state index contributed by atoms with van der Waals surface area (Å²) in [7, 11) is 0. The van der Waals surface area contributed by atoms with Crippen LogP contribution in [0.2, 0.25) is 10.0 Å². The van der Waals surface area contributed by atoms with Gasteiger partial charge in [0.25, 0.3) is 0 Å². The number of nitrogens with one attached hydrogen (secondary N) is 2. The zero-order chi connectivity index (χ0) is 21.6. The van der Waals surface area contributed by atoms with Crippen LogP contribution in [-0.4, -0.2) is 55.1 Å². The molecule has 0 radical (unpaired) electrons. The molecule has 1 aromatic heterocycles. The molecule has 0 atom stereocenters. The second kappa shape index (κ2) is 10.4. The zero-order valence-electron chi connectivity index (χ0n) is 17.5. The molecule has 0 saturated carbocycles. The number of fused-ring (bicyclic) bond motifs is 1. The molecule has 2 aromatic carbocycles. The van der Waals surface area contributed by atoms with Crippen molar-refractivity contribution in [3.63, 3.8) is 0 Å². The van der Waals surface area contributed by atoms with Crippen molar-refractivity contribution in [3.8, 4) is 0 Å². The van der Waals surface area contributed by atoms with Crippen LogP contribution in [0.1, 0.15) is 18.5 Å². The molecule has 31 heavy (non-hydrogen) atoms. The van der Waals surface area contributed by atoms with Crippen molar-refractivity contribution >= 4 is 45.7 Å². The Morgan fingerprint density at radius 3 is 2.61 bits per heavy atom. The first-order chi connectivity index (χ1) is 15.1. The number of aromatic nitrogens is 1. The third kappa shape index (κ3) is 5.73. The van der Waals surface area contributed by atoms with Crippen LogP contribution in [0.15, 0.2) is 48.5 Å². The van der Waals surface area contributed by atoms with Crippen molar-refractivity contribution < 1.29 is 4.79 Å². The quantitative estimate of drug-likeness (QED) is 0.479. The number of carbonyl (C=O) groups is 1. The molecular weight excluding hydrogens is 431 g/mol. The molecule has 1 saturated heterocycles. The highest BCUT2D eigenvalue weighted by molar-refractivity contribution is 6.43. The highest BCUT2D eigenvalue weighted by Gasteiger charge is 2.19. The van der Waals surface area contributed by atoms with E-state index in [4.69, 9.17) is 23.2 Å². The van der Waals surface area contributed by atoms with Gasteiger partial charge in [0.2, 0.25) is 5.91 Å². The van der Waals surface area contributed by atoms with Crippen LogP contribution in [0.3, 0.4) is 0 Å². The van der Waals surface area contributed by atoms with Crippen LogP contribution < -0.4 is 10.2 Å². The van der Waals surface area contributed by atoms with E-state index in [0.29, 0.717) is 16.5 Å². The Bertz CT molecular complexity index is 994. The lowest BCUT2D eigenvalue weighted by molar-refractivity contribution is -0.120. The first kappa shape index (κ1) is 22.0. The number of H-pyrrole nitrogens is 1. The number of carbonyl (C=O) groups excluding carboxylic acids is 1. The summed E-state index contributed by atoms with van der Waals surface area (Å²) < 4.78 is 0. The van der Waals surface area contributed by atoms with E-state index in [1.807, 2.05) is 42.5 Å². The van der Waals surface area contributed by atoms with E-state index in [1.165, 1.54) is 0 Å². The SMILES string of the molecule is O=C(Cc1cc2ccccc2[nH]1)NCCCCN1CCN(c2cccc(Cl)c2Cl)CC1. The average molecular weight is 459 g/mol. The van der Waals surface area contributed by atoms with Gasteiger partial charge in [0.1, 0.15) is 0 Å². The van der Waals surface area contributed by atoms with E-state index in [-0.39, 0.29) is 5.91 Å². The minimum absolute atomic E-state index is 0.0681. The Morgan fingerprint density at radius 2 is 1.81 bits per heavy atom. The second-order valence-corrected chi connectivity index (χ2v) is 8.80. The number of anilines is 1. The number of piperazine rings is 1. The van der Waals surface area contributed by atoms with Gasteiger partial charge in [0.15, 0.2) is 0 Å². The molecule has 1 amide bonds. The van der Waals surface area contributed by atoms with Gasteiger partial charge in [-0.05, 0) is 49.0 Å². The van der Waals surface area contributed by atoms with Crippen molar-refractivity contribution in [2.75, 3.05) is 44.2 Å². The largest absolute Gasteiger partial charge is 0.368 e. The topological polar surface area (TPSA) is 51.4 Å². The average Bonchev–Trinajstić information content (AvgIpc) is 3.18. The van der Waals surface area contributed by atoms with Crippen molar-refractivity contribution in [2.45, 2.75) is 19.3 Å². The molecule has 0 aliphatic carbocycles. The Morgan fingerprint density at radius 1 is 1.00 bits per heavy atom. The summed E-state index contributed by atoms with van der Waals surface area (Å²) in [4.78, 5) is 20.3. The molecule has 0 spiro atoms. The minimum atomic E-state index is 0.0681. The van der Waals surface area contributed by atoms with Crippen LogP contribution in [0.5, 0.6) is 0 Å². The monoisotopic (exact) mass is 458 g/mol. The number of rotatable bonds is 8. The third-order valence-electron chi connectivity index (χ3n) is 5.80. The van der Waals surface area contributed by atoms with E-state index in [1.54, 1.807) is 0 Å². The number of unbranched alkanes of at least 4 members (excludes halogenated alkanes) is 1. The summed E-state index contributed by atoms with van der Waals surface area (Å²) >= 11 is 12.5. The molecular formula is C24H28Cl2N4O. The Balaban J connectivity index is 1.12. The fourth-order valence-electron chi connectivity index (χ4n) is 4.10. The number of aromatic amines is 1. The predicted molar refractivity (Wildman–Crippen MR) is 129 cm³/mol. The number of benzene rings is 2. The first-order valence-electron chi connectivity index (χ1n) is 10.8. The maximum atomic E-state index is 12.2. The normalized spacial score (nSPS) is 14.8. The lowest BCUT2D eigenvalue weighted by Gasteiger charge is -2.36. The maximum Gasteiger partial charge on any atom is 0.225 e. The van der Waals surface area contributed by atoms with Gasteiger partial charge in [0.05, 0.1) is 22.2 Å². The van der Waals surface area contributed by atoms with Crippen LogP contribution in [0.25, 0.3) is 10.9 Å². The predicted octanol–water partition coefficient (Wildman–Crippen LogP) is 4.74. The molecule has 7 heteroatoms. The van der Waals surface area contributed by atoms with E-state index in [0.717, 1.165) is 74.4 Å². The fraction of sp³-hybridized carbons (Fsp3) is 0.375. The second-order valence-electron chi connectivity index (χ2n) is 8.02. The summed E-state index contributed by atoms with van der Waals surface area (Å²) in [5.41, 5.74) is 3.05. The number of hydrogen-bond acceptors (Lipinski definition) is 3. The molecule has 5 nitrogen and oxygen atoms in total. The van der Waals surface area contributed by atoms with E-state index in [2.05, 4.69) is 26.2 Å². The minimum Gasteiger partial charge on any atom is -0.368 e. The van der Waals surface area contributed by atoms with Gasteiger partial charge in [-0.2, -0.15) is 0 Å². The van der Waals surface area contributed by atoms with E-state index >= 15 is 0 Å². The van der Waals surface area contributed by atoms with E-state index in [9.17, 15) is 4.79 Å². The molecule has 2 heterocycles.